The van der Waals surface area contributed by atoms with Crippen molar-refractivity contribution in [1.29, 1.82) is 0 Å². The van der Waals surface area contributed by atoms with Gasteiger partial charge in [0, 0.05) is 11.4 Å². The highest BCUT2D eigenvalue weighted by Gasteiger charge is 2.08. The van der Waals surface area contributed by atoms with Crippen LogP contribution >= 0.6 is 11.8 Å². The number of nitrogens with one attached hydrogen (secondary N) is 1. The van der Waals surface area contributed by atoms with Crippen LogP contribution in [0.1, 0.15) is 43.5 Å². The summed E-state index contributed by atoms with van der Waals surface area (Å²) < 4.78 is 0. The average molecular weight is 267 g/mol. The molecule has 1 aromatic heterocycles. The lowest BCUT2D eigenvalue weighted by atomic mass is 10.1. The first kappa shape index (κ1) is 15.4. The summed E-state index contributed by atoms with van der Waals surface area (Å²) in [7, 11) is 0. The van der Waals surface area contributed by atoms with Crippen LogP contribution in [0.25, 0.3) is 0 Å². The SMILES string of the molecule is CCNCCc1c(C)nc(CSC(C)C)nc1C. The lowest BCUT2D eigenvalue weighted by molar-refractivity contribution is 0.706. The fourth-order valence-electron chi connectivity index (χ4n) is 1.87. The van der Waals surface area contributed by atoms with E-state index in [9.17, 15) is 0 Å². The van der Waals surface area contributed by atoms with E-state index in [2.05, 4.69) is 49.9 Å². The topological polar surface area (TPSA) is 37.8 Å². The van der Waals surface area contributed by atoms with Crippen molar-refractivity contribution in [3.8, 4) is 0 Å². The van der Waals surface area contributed by atoms with Crippen LogP contribution in [0.3, 0.4) is 0 Å². The van der Waals surface area contributed by atoms with Gasteiger partial charge >= 0.3 is 0 Å². The van der Waals surface area contributed by atoms with Gasteiger partial charge in [-0.2, -0.15) is 11.8 Å². The summed E-state index contributed by atoms with van der Waals surface area (Å²) >= 11 is 1.89. The molecule has 0 aromatic carbocycles. The molecular formula is C14H25N3S. The second-order valence-electron chi connectivity index (χ2n) is 4.75. The number of likely N-dealkylation sites (N-methyl/N-ethyl adjacent to an activating group) is 1. The summed E-state index contributed by atoms with van der Waals surface area (Å²) in [4.78, 5) is 9.25. The van der Waals surface area contributed by atoms with Gasteiger partial charge in [-0.1, -0.05) is 20.8 Å². The van der Waals surface area contributed by atoms with Crippen LogP contribution in [0.15, 0.2) is 0 Å². The zero-order chi connectivity index (χ0) is 13.5. The van der Waals surface area contributed by atoms with E-state index < -0.39 is 0 Å². The van der Waals surface area contributed by atoms with Gasteiger partial charge in [0.1, 0.15) is 5.82 Å². The minimum atomic E-state index is 0.627. The first-order valence-electron chi connectivity index (χ1n) is 6.69. The van der Waals surface area contributed by atoms with Crippen molar-refractivity contribution < 1.29 is 0 Å². The quantitative estimate of drug-likeness (QED) is 0.771. The maximum absolute atomic E-state index is 4.62. The maximum atomic E-state index is 4.62. The lowest BCUT2D eigenvalue weighted by Crippen LogP contribution is -2.18. The molecule has 1 aromatic rings. The van der Waals surface area contributed by atoms with E-state index >= 15 is 0 Å². The Hall–Kier alpha value is -0.610. The third kappa shape index (κ3) is 4.94. The zero-order valence-electron chi connectivity index (χ0n) is 12.2. The van der Waals surface area contributed by atoms with Crippen molar-refractivity contribution in [3.63, 3.8) is 0 Å². The molecule has 0 aliphatic carbocycles. The maximum Gasteiger partial charge on any atom is 0.138 e. The molecule has 1 N–H and O–H groups in total. The molecule has 0 saturated heterocycles. The number of nitrogens with zero attached hydrogens (tertiary/aromatic N) is 2. The van der Waals surface area contributed by atoms with Crippen molar-refractivity contribution in [3.05, 3.63) is 22.8 Å². The highest BCUT2D eigenvalue weighted by atomic mass is 32.2. The molecule has 0 atom stereocenters. The second-order valence-corrected chi connectivity index (χ2v) is 6.32. The minimum absolute atomic E-state index is 0.627. The van der Waals surface area contributed by atoms with Crippen LogP contribution in [0.2, 0.25) is 0 Å². The molecule has 0 bridgehead atoms. The van der Waals surface area contributed by atoms with Gasteiger partial charge in [0.05, 0.1) is 5.75 Å². The van der Waals surface area contributed by atoms with Crippen LogP contribution in [-0.2, 0) is 12.2 Å². The van der Waals surface area contributed by atoms with Crippen LogP contribution in [-0.4, -0.2) is 28.3 Å². The standard InChI is InChI=1S/C14H25N3S/c1-6-15-8-7-13-11(4)16-14(17-12(13)5)9-18-10(2)3/h10,15H,6-9H2,1-5H3. The van der Waals surface area contributed by atoms with Crippen molar-refractivity contribution in [2.24, 2.45) is 0 Å². The summed E-state index contributed by atoms with van der Waals surface area (Å²) in [6.45, 7) is 12.7. The number of thioether (sulfide) groups is 1. The molecule has 3 nitrogen and oxygen atoms in total. The number of rotatable bonds is 7. The Labute approximate surface area is 115 Å². The Bertz CT molecular complexity index is 354. The van der Waals surface area contributed by atoms with Crippen molar-refractivity contribution in [2.75, 3.05) is 13.1 Å². The molecule has 0 aliphatic rings. The summed E-state index contributed by atoms with van der Waals surface area (Å²) in [5.41, 5.74) is 3.58. The predicted molar refractivity (Wildman–Crippen MR) is 80.2 cm³/mol. The van der Waals surface area contributed by atoms with Gasteiger partial charge in [-0.25, -0.2) is 9.97 Å². The monoisotopic (exact) mass is 267 g/mol. The predicted octanol–water partition coefficient (Wildman–Crippen LogP) is 2.89. The van der Waals surface area contributed by atoms with Crippen LogP contribution in [0.4, 0.5) is 0 Å². The van der Waals surface area contributed by atoms with Crippen LogP contribution in [0, 0.1) is 13.8 Å². The normalized spacial score (nSPS) is 11.2. The number of hydrogen-bond donors (Lipinski definition) is 1. The molecular weight excluding hydrogens is 242 g/mol. The lowest BCUT2D eigenvalue weighted by Gasteiger charge is -2.11. The highest BCUT2D eigenvalue weighted by molar-refractivity contribution is 7.99. The van der Waals surface area contributed by atoms with Gasteiger partial charge in [0.15, 0.2) is 0 Å². The molecule has 18 heavy (non-hydrogen) atoms. The van der Waals surface area contributed by atoms with Gasteiger partial charge in [0.25, 0.3) is 0 Å². The number of aryl methyl sites for hydroxylation is 2. The van der Waals surface area contributed by atoms with Crippen molar-refractivity contribution >= 4 is 11.8 Å². The Balaban J connectivity index is 2.71. The molecule has 0 spiro atoms. The summed E-state index contributed by atoms with van der Waals surface area (Å²) in [5.74, 6) is 1.88. The van der Waals surface area contributed by atoms with Crippen molar-refractivity contribution in [2.45, 2.75) is 52.0 Å². The summed E-state index contributed by atoms with van der Waals surface area (Å²) in [5, 5.41) is 3.97. The van der Waals surface area contributed by atoms with E-state index in [-0.39, 0.29) is 0 Å². The van der Waals surface area contributed by atoms with Crippen LogP contribution < -0.4 is 5.32 Å². The summed E-state index contributed by atoms with van der Waals surface area (Å²) in [6.07, 6.45) is 1.02. The first-order chi connectivity index (χ1) is 8.54. The van der Waals surface area contributed by atoms with E-state index in [4.69, 9.17) is 0 Å². The molecule has 0 fully saturated rings. The van der Waals surface area contributed by atoms with Crippen molar-refractivity contribution in [1.82, 2.24) is 15.3 Å². The third-order valence-corrected chi connectivity index (χ3v) is 3.91. The second kappa shape index (κ2) is 7.74. The van der Waals surface area contributed by atoms with Gasteiger partial charge in [-0.05, 0) is 44.2 Å². The average Bonchev–Trinajstić information content (AvgIpc) is 2.30. The van der Waals surface area contributed by atoms with E-state index in [1.807, 2.05) is 11.8 Å². The van der Waals surface area contributed by atoms with Gasteiger partial charge in [0.2, 0.25) is 0 Å². The molecule has 1 rings (SSSR count). The smallest absolute Gasteiger partial charge is 0.138 e. The third-order valence-electron chi connectivity index (χ3n) is 2.81. The van der Waals surface area contributed by atoms with E-state index in [1.54, 1.807) is 0 Å². The first-order valence-corrected chi connectivity index (χ1v) is 7.74. The fourth-order valence-corrected chi connectivity index (χ4v) is 2.48. The molecule has 1 heterocycles. The molecule has 0 radical (unpaired) electrons. The Morgan fingerprint density at radius 1 is 1.17 bits per heavy atom. The van der Waals surface area contributed by atoms with E-state index in [1.165, 1.54) is 5.56 Å². The van der Waals surface area contributed by atoms with Crippen LogP contribution in [0.5, 0.6) is 0 Å². The van der Waals surface area contributed by atoms with Gasteiger partial charge < -0.3 is 5.32 Å². The van der Waals surface area contributed by atoms with E-state index in [0.29, 0.717) is 5.25 Å². The number of hydrogen-bond acceptors (Lipinski definition) is 4. The molecule has 0 amide bonds. The Kier molecular flexibility index (Phi) is 6.65. The summed E-state index contributed by atoms with van der Waals surface area (Å²) in [6, 6.07) is 0. The fraction of sp³-hybridized carbons (Fsp3) is 0.714. The zero-order valence-corrected chi connectivity index (χ0v) is 13.0. The number of aromatic nitrogens is 2. The molecule has 0 aliphatic heterocycles. The minimum Gasteiger partial charge on any atom is -0.317 e. The molecule has 102 valence electrons. The van der Waals surface area contributed by atoms with Gasteiger partial charge in [-0.15, -0.1) is 0 Å². The largest absolute Gasteiger partial charge is 0.317 e. The molecule has 0 saturated carbocycles. The Morgan fingerprint density at radius 3 is 2.28 bits per heavy atom. The Morgan fingerprint density at radius 2 is 1.78 bits per heavy atom. The highest BCUT2D eigenvalue weighted by Crippen LogP contribution is 2.17. The van der Waals surface area contributed by atoms with Gasteiger partial charge in [-0.3, -0.25) is 0 Å². The molecule has 0 unspecified atom stereocenters. The molecule has 4 heteroatoms. The van der Waals surface area contributed by atoms with E-state index in [0.717, 1.165) is 42.5 Å².